The maximum atomic E-state index is 2.35. The van der Waals surface area contributed by atoms with Crippen LogP contribution in [0.4, 0.5) is 0 Å². The molecular formula is C28H30. The highest BCUT2D eigenvalue weighted by Gasteiger charge is 2.12. The van der Waals surface area contributed by atoms with Gasteiger partial charge in [-0.15, -0.1) is 0 Å². The van der Waals surface area contributed by atoms with Crippen molar-refractivity contribution in [1.82, 2.24) is 0 Å². The van der Waals surface area contributed by atoms with Crippen LogP contribution in [0, 0.1) is 0 Å². The molecule has 4 rings (SSSR count). The third kappa shape index (κ3) is 3.56. The van der Waals surface area contributed by atoms with Gasteiger partial charge in [0.2, 0.25) is 0 Å². The summed E-state index contributed by atoms with van der Waals surface area (Å²) in [5.74, 6) is 0. The molecule has 142 valence electrons. The normalized spacial score (nSPS) is 11.4. The van der Waals surface area contributed by atoms with E-state index in [1.807, 2.05) is 0 Å². The number of hydrogen-bond donors (Lipinski definition) is 0. The molecule has 0 bridgehead atoms. The van der Waals surface area contributed by atoms with Crippen molar-refractivity contribution < 1.29 is 0 Å². The zero-order valence-corrected chi connectivity index (χ0v) is 17.2. The Balaban J connectivity index is 1.90. The minimum absolute atomic E-state index is 1.16. The van der Waals surface area contributed by atoms with Gasteiger partial charge in [0.05, 0.1) is 0 Å². The molecule has 0 nitrogen and oxygen atoms in total. The maximum absolute atomic E-state index is 2.35. The molecule has 0 radical (unpaired) electrons. The van der Waals surface area contributed by atoms with Crippen LogP contribution in [-0.2, 0) is 12.8 Å². The van der Waals surface area contributed by atoms with Gasteiger partial charge in [-0.1, -0.05) is 99.5 Å². The Kier molecular flexibility index (Phi) is 5.76. The van der Waals surface area contributed by atoms with Gasteiger partial charge in [-0.25, -0.2) is 0 Å². The molecule has 0 saturated carbocycles. The fourth-order valence-electron chi connectivity index (χ4n) is 4.36. The van der Waals surface area contributed by atoms with E-state index in [4.69, 9.17) is 0 Å². The Morgan fingerprint density at radius 2 is 0.857 bits per heavy atom. The van der Waals surface area contributed by atoms with Crippen molar-refractivity contribution in [2.75, 3.05) is 0 Å². The fraction of sp³-hybridized carbons (Fsp3) is 0.286. The molecule has 0 aliphatic rings. The lowest BCUT2D eigenvalue weighted by atomic mass is 9.89. The first-order valence-corrected chi connectivity index (χ1v) is 10.8. The predicted octanol–water partition coefficient (Wildman–Crippen LogP) is 8.35. The Bertz CT molecular complexity index is 998. The molecule has 0 unspecified atom stereocenters. The second-order valence-corrected chi connectivity index (χ2v) is 7.84. The van der Waals surface area contributed by atoms with E-state index in [0.717, 1.165) is 12.8 Å². The van der Waals surface area contributed by atoms with Crippen molar-refractivity contribution in [3.63, 3.8) is 0 Å². The summed E-state index contributed by atoms with van der Waals surface area (Å²) in [6.45, 7) is 4.53. The van der Waals surface area contributed by atoms with Crippen LogP contribution in [0.3, 0.4) is 0 Å². The Labute approximate surface area is 169 Å². The Hall–Kier alpha value is -2.60. The second-order valence-electron chi connectivity index (χ2n) is 7.84. The standard InChI is InChI=1S/C28H30/c1-3-5-11-21-17-19-27(25-15-9-7-13-23(21)25)28-20-18-22(12-6-4-2)24-14-8-10-16-26(24)28/h7-10,13-20H,3-6,11-12H2,1-2H3. The summed E-state index contributed by atoms with van der Waals surface area (Å²) in [5.41, 5.74) is 5.67. The molecule has 0 N–H and O–H groups in total. The Morgan fingerprint density at radius 1 is 0.464 bits per heavy atom. The van der Waals surface area contributed by atoms with Crippen molar-refractivity contribution in [1.29, 1.82) is 0 Å². The number of hydrogen-bond acceptors (Lipinski definition) is 0. The van der Waals surface area contributed by atoms with Crippen molar-refractivity contribution in [2.45, 2.75) is 52.4 Å². The molecule has 0 heterocycles. The SMILES string of the molecule is CCCCc1ccc(-c2ccc(CCCC)c3ccccc23)c2ccccc12. The first-order valence-electron chi connectivity index (χ1n) is 10.8. The van der Waals surface area contributed by atoms with Gasteiger partial charge >= 0.3 is 0 Å². The zero-order valence-electron chi connectivity index (χ0n) is 17.2. The molecule has 0 aliphatic carbocycles. The van der Waals surface area contributed by atoms with Crippen LogP contribution < -0.4 is 0 Å². The average molecular weight is 367 g/mol. The summed E-state index contributed by atoms with van der Waals surface area (Å²) in [6.07, 6.45) is 7.29. The quantitative estimate of drug-likeness (QED) is 0.308. The average Bonchev–Trinajstić information content (AvgIpc) is 2.76. The summed E-state index contributed by atoms with van der Waals surface area (Å²) in [7, 11) is 0. The molecule has 4 aromatic carbocycles. The lowest BCUT2D eigenvalue weighted by Crippen LogP contribution is -1.93. The molecule has 0 aromatic heterocycles. The van der Waals surface area contributed by atoms with Gasteiger partial charge in [0.15, 0.2) is 0 Å². The van der Waals surface area contributed by atoms with E-state index in [9.17, 15) is 0 Å². The topological polar surface area (TPSA) is 0 Å². The summed E-state index contributed by atoms with van der Waals surface area (Å²) in [5, 5.41) is 5.57. The zero-order chi connectivity index (χ0) is 19.3. The van der Waals surface area contributed by atoms with E-state index < -0.39 is 0 Å². The lowest BCUT2D eigenvalue weighted by molar-refractivity contribution is 0.799. The number of unbranched alkanes of at least 4 members (excludes halogenated alkanes) is 2. The van der Waals surface area contributed by atoms with Crippen molar-refractivity contribution in [2.24, 2.45) is 0 Å². The highest BCUT2D eigenvalue weighted by atomic mass is 14.2. The van der Waals surface area contributed by atoms with E-state index in [1.165, 1.54) is 69.5 Å². The summed E-state index contributed by atoms with van der Waals surface area (Å²) in [6, 6.07) is 27.3. The van der Waals surface area contributed by atoms with Crippen LogP contribution in [0.15, 0.2) is 72.8 Å². The third-order valence-electron chi connectivity index (χ3n) is 5.92. The van der Waals surface area contributed by atoms with Gasteiger partial charge in [-0.2, -0.15) is 0 Å². The van der Waals surface area contributed by atoms with Gasteiger partial charge in [-0.3, -0.25) is 0 Å². The van der Waals surface area contributed by atoms with Crippen LogP contribution in [-0.4, -0.2) is 0 Å². The summed E-state index contributed by atoms with van der Waals surface area (Å²) in [4.78, 5) is 0. The van der Waals surface area contributed by atoms with Crippen molar-refractivity contribution in [3.8, 4) is 11.1 Å². The van der Waals surface area contributed by atoms with Crippen LogP contribution in [0.2, 0.25) is 0 Å². The summed E-state index contributed by atoms with van der Waals surface area (Å²) >= 11 is 0. The van der Waals surface area contributed by atoms with E-state index in [0.29, 0.717) is 0 Å². The van der Waals surface area contributed by atoms with Crippen LogP contribution in [0.1, 0.15) is 50.7 Å². The first-order chi connectivity index (χ1) is 13.8. The number of benzene rings is 4. The number of aryl methyl sites for hydroxylation is 2. The minimum Gasteiger partial charge on any atom is -0.0654 e. The number of fused-ring (bicyclic) bond motifs is 2. The molecule has 4 aromatic rings. The molecule has 0 spiro atoms. The predicted molar refractivity (Wildman–Crippen MR) is 124 cm³/mol. The lowest BCUT2D eigenvalue weighted by Gasteiger charge is -2.15. The van der Waals surface area contributed by atoms with Crippen molar-refractivity contribution in [3.05, 3.63) is 83.9 Å². The largest absolute Gasteiger partial charge is 0.0654 e. The highest BCUT2D eigenvalue weighted by Crippen LogP contribution is 2.37. The van der Waals surface area contributed by atoms with E-state index >= 15 is 0 Å². The molecule has 0 amide bonds. The first kappa shape index (κ1) is 18.7. The van der Waals surface area contributed by atoms with Crippen molar-refractivity contribution >= 4 is 21.5 Å². The molecule has 0 heteroatoms. The molecule has 28 heavy (non-hydrogen) atoms. The minimum atomic E-state index is 1.16. The van der Waals surface area contributed by atoms with Gasteiger partial charge in [-0.05, 0) is 69.5 Å². The van der Waals surface area contributed by atoms with Crippen LogP contribution in [0.5, 0.6) is 0 Å². The molecule has 0 fully saturated rings. The van der Waals surface area contributed by atoms with Crippen LogP contribution >= 0.6 is 0 Å². The van der Waals surface area contributed by atoms with Gasteiger partial charge in [0, 0.05) is 0 Å². The molecule has 0 atom stereocenters. The third-order valence-corrected chi connectivity index (χ3v) is 5.92. The van der Waals surface area contributed by atoms with Gasteiger partial charge < -0.3 is 0 Å². The second kappa shape index (κ2) is 8.61. The smallest absolute Gasteiger partial charge is 0.00990 e. The molecular weight excluding hydrogens is 336 g/mol. The van der Waals surface area contributed by atoms with E-state index in [1.54, 1.807) is 0 Å². The van der Waals surface area contributed by atoms with E-state index in [-0.39, 0.29) is 0 Å². The molecule has 0 aliphatic heterocycles. The number of rotatable bonds is 7. The van der Waals surface area contributed by atoms with E-state index in [2.05, 4.69) is 86.6 Å². The Morgan fingerprint density at radius 3 is 1.25 bits per heavy atom. The van der Waals surface area contributed by atoms with Gasteiger partial charge in [0.1, 0.15) is 0 Å². The molecule has 0 saturated heterocycles. The van der Waals surface area contributed by atoms with Gasteiger partial charge in [0.25, 0.3) is 0 Å². The maximum Gasteiger partial charge on any atom is -0.00990 e. The highest BCUT2D eigenvalue weighted by molar-refractivity contribution is 6.07. The van der Waals surface area contributed by atoms with Crippen LogP contribution in [0.25, 0.3) is 32.7 Å². The monoisotopic (exact) mass is 366 g/mol. The summed E-state index contributed by atoms with van der Waals surface area (Å²) < 4.78 is 0. The fourth-order valence-corrected chi connectivity index (χ4v) is 4.36.